The Kier molecular flexibility index (Phi) is 1.24. The van der Waals surface area contributed by atoms with E-state index in [1.165, 1.54) is 11.1 Å². The van der Waals surface area contributed by atoms with Crippen LogP contribution in [0.1, 0.15) is 0 Å². The minimum Gasteiger partial charge on any atom is -0.387 e. The monoisotopic (exact) mass is 134 g/mol. The Bertz CT molecular complexity index is 201. The van der Waals surface area contributed by atoms with Gasteiger partial charge in [-0.15, -0.1) is 0 Å². The summed E-state index contributed by atoms with van der Waals surface area (Å²) < 4.78 is 0. The summed E-state index contributed by atoms with van der Waals surface area (Å²) in [5.74, 6) is 0. The van der Waals surface area contributed by atoms with E-state index in [2.05, 4.69) is 22.8 Å². The second-order valence-corrected chi connectivity index (χ2v) is 2.49. The molecule has 0 spiro atoms. The molecule has 0 bridgehead atoms. The summed E-state index contributed by atoms with van der Waals surface area (Å²) in [4.78, 5) is 0. The number of rotatable bonds is 0. The minimum atomic E-state index is 0.989. The maximum atomic E-state index is 3.17. The highest BCUT2D eigenvalue weighted by Crippen LogP contribution is 2.12. The van der Waals surface area contributed by atoms with Gasteiger partial charge in [0.2, 0.25) is 0 Å². The Morgan fingerprint density at radius 2 is 1.60 bits per heavy atom. The summed E-state index contributed by atoms with van der Waals surface area (Å²) in [5, 5.41) is 6.34. The Morgan fingerprint density at radius 3 is 2.10 bits per heavy atom. The van der Waals surface area contributed by atoms with Gasteiger partial charge in [-0.25, -0.2) is 0 Å². The van der Waals surface area contributed by atoms with Crippen molar-refractivity contribution in [2.75, 3.05) is 13.1 Å². The number of allylic oxidation sites excluding steroid dienone is 3. The van der Waals surface area contributed by atoms with Crippen LogP contribution in [0.25, 0.3) is 0 Å². The van der Waals surface area contributed by atoms with Crippen molar-refractivity contribution in [3.63, 3.8) is 0 Å². The second-order valence-electron chi connectivity index (χ2n) is 2.49. The van der Waals surface area contributed by atoms with Crippen LogP contribution in [0.15, 0.2) is 35.7 Å². The smallest absolute Gasteiger partial charge is 0.0381 e. The van der Waals surface area contributed by atoms with Crippen molar-refractivity contribution in [1.82, 2.24) is 10.6 Å². The van der Waals surface area contributed by atoms with Crippen molar-refractivity contribution in [1.29, 1.82) is 0 Å². The van der Waals surface area contributed by atoms with Crippen LogP contribution in [0, 0.1) is 0 Å². The maximum absolute atomic E-state index is 3.17. The highest BCUT2D eigenvalue weighted by molar-refractivity contribution is 5.41. The fourth-order valence-corrected chi connectivity index (χ4v) is 1.22. The first-order chi connectivity index (χ1) is 4.97. The van der Waals surface area contributed by atoms with Gasteiger partial charge < -0.3 is 10.6 Å². The molecule has 2 heteroatoms. The molecule has 2 rings (SSSR count). The highest BCUT2D eigenvalue weighted by atomic mass is 14.9. The average molecular weight is 134 g/mol. The first-order valence-corrected chi connectivity index (χ1v) is 3.49. The predicted molar refractivity (Wildman–Crippen MR) is 41.3 cm³/mol. The molecule has 0 aromatic rings. The van der Waals surface area contributed by atoms with Crippen molar-refractivity contribution in [3.8, 4) is 0 Å². The molecule has 0 saturated carbocycles. The molecular formula is C8H10N2. The van der Waals surface area contributed by atoms with Gasteiger partial charge in [-0.1, -0.05) is 0 Å². The van der Waals surface area contributed by atoms with Gasteiger partial charge in [0.25, 0.3) is 0 Å². The number of hydrogen-bond acceptors (Lipinski definition) is 2. The lowest BCUT2D eigenvalue weighted by atomic mass is 10.0. The SMILES string of the molecule is C1=CC2=C(CN1)CNC=C2. The summed E-state index contributed by atoms with van der Waals surface area (Å²) in [7, 11) is 0. The van der Waals surface area contributed by atoms with Gasteiger partial charge in [-0.3, -0.25) is 0 Å². The molecule has 0 radical (unpaired) electrons. The molecule has 0 saturated heterocycles. The molecule has 2 nitrogen and oxygen atoms in total. The third-order valence-electron chi connectivity index (χ3n) is 1.80. The molecule has 2 heterocycles. The van der Waals surface area contributed by atoms with Crippen molar-refractivity contribution in [2.24, 2.45) is 0 Å². The van der Waals surface area contributed by atoms with E-state index >= 15 is 0 Å². The standard InChI is InChI=1S/C8H10N2/c1-3-9-5-8-6-10-4-2-7(1)8/h1-4,9-10H,5-6H2. The molecule has 52 valence electrons. The van der Waals surface area contributed by atoms with Crippen LogP contribution in [0.4, 0.5) is 0 Å². The fraction of sp³-hybridized carbons (Fsp3) is 0.250. The minimum absolute atomic E-state index is 0.989. The normalized spacial score (nSPS) is 21.6. The van der Waals surface area contributed by atoms with E-state index in [9.17, 15) is 0 Å². The van der Waals surface area contributed by atoms with Gasteiger partial charge in [-0.2, -0.15) is 0 Å². The molecular weight excluding hydrogens is 124 g/mol. The zero-order valence-electron chi connectivity index (χ0n) is 5.72. The van der Waals surface area contributed by atoms with Gasteiger partial charge in [-0.05, 0) is 35.7 Å². The average Bonchev–Trinajstić information content (AvgIpc) is 2.05. The van der Waals surface area contributed by atoms with Crippen LogP contribution < -0.4 is 10.6 Å². The zero-order valence-corrected chi connectivity index (χ0v) is 5.72. The second kappa shape index (κ2) is 2.21. The lowest BCUT2D eigenvalue weighted by Crippen LogP contribution is -2.24. The van der Waals surface area contributed by atoms with E-state index in [1.807, 2.05) is 12.4 Å². The third kappa shape index (κ3) is 0.817. The van der Waals surface area contributed by atoms with Crippen LogP contribution in [0.5, 0.6) is 0 Å². The largest absolute Gasteiger partial charge is 0.387 e. The lowest BCUT2D eigenvalue weighted by Gasteiger charge is -2.18. The summed E-state index contributed by atoms with van der Waals surface area (Å²) in [6.45, 7) is 1.98. The molecule has 0 aromatic heterocycles. The quantitative estimate of drug-likeness (QED) is 0.504. The van der Waals surface area contributed by atoms with Crippen molar-refractivity contribution in [3.05, 3.63) is 35.7 Å². The van der Waals surface area contributed by atoms with Crippen LogP contribution in [0.3, 0.4) is 0 Å². The molecule has 2 N–H and O–H groups in total. The van der Waals surface area contributed by atoms with Gasteiger partial charge in [0.15, 0.2) is 0 Å². The Hall–Kier alpha value is -1.18. The Labute approximate surface area is 60.3 Å². The molecule has 10 heavy (non-hydrogen) atoms. The molecule has 0 aromatic carbocycles. The van der Waals surface area contributed by atoms with Crippen molar-refractivity contribution >= 4 is 0 Å². The van der Waals surface area contributed by atoms with Gasteiger partial charge in [0.1, 0.15) is 0 Å². The van der Waals surface area contributed by atoms with E-state index in [4.69, 9.17) is 0 Å². The Balaban J connectivity index is 2.32. The van der Waals surface area contributed by atoms with E-state index in [0.29, 0.717) is 0 Å². The zero-order chi connectivity index (χ0) is 6.81. The fourth-order valence-electron chi connectivity index (χ4n) is 1.22. The van der Waals surface area contributed by atoms with E-state index in [-0.39, 0.29) is 0 Å². The molecule has 2 aliphatic heterocycles. The summed E-state index contributed by atoms with van der Waals surface area (Å²) >= 11 is 0. The number of dihydropyridines is 2. The van der Waals surface area contributed by atoms with Gasteiger partial charge in [0, 0.05) is 13.1 Å². The lowest BCUT2D eigenvalue weighted by molar-refractivity contribution is 0.814. The molecule has 0 fully saturated rings. The molecule has 0 amide bonds. The van der Waals surface area contributed by atoms with E-state index in [0.717, 1.165) is 13.1 Å². The van der Waals surface area contributed by atoms with Gasteiger partial charge >= 0.3 is 0 Å². The number of hydrogen-bond donors (Lipinski definition) is 2. The summed E-state index contributed by atoms with van der Waals surface area (Å²) in [6, 6.07) is 0. The first-order valence-electron chi connectivity index (χ1n) is 3.49. The van der Waals surface area contributed by atoms with Crippen molar-refractivity contribution < 1.29 is 0 Å². The van der Waals surface area contributed by atoms with E-state index in [1.54, 1.807) is 0 Å². The summed E-state index contributed by atoms with van der Waals surface area (Å²) in [6.07, 6.45) is 8.20. The van der Waals surface area contributed by atoms with Crippen molar-refractivity contribution in [2.45, 2.75) is 0 Å². The number of nitrogens with one attached hydrogen (secondary N) is 2. The highest BCUT2D eigenvalue weighted by Gasteiger charge is 2.06. The van der Waals surface area contributed by atoms with Crippen LogP contribution >= 0.6 is 0 Å². The summed E-state index contributed by atoms with van der Waals surface area (Å²) in [5.41, 5.74) is 2.81. The van der Waals surface area contributed by atoms with Gasteiger partial charge in [0.05, 0.1) is 0 Å². The van der Waals surface area contributed by atoms with Crippen LogP contribution in [0.2, 0.25) is 0 Å². The van der Waals surface area contributed by atoms with E-state index < -0.39 is 0 Å². The molecule has 0 unspecified atom stereocenters. The van der Waals surface area contributed by atoms with Crippen LogP contribution in [-0.4, -0.2) is 13.1 Å². The topological polar surface area (TPSA) is 24.1 Å². The first kappa shape index (κ1) is 5.59. The predicted octanol–water partition coefficient (Wildman–Crippen LogP) is 0.517. The van der Waals surface area contributed by atoms with Crippen LogP contribution in [-0.2, 0) is 0 Å². The molecule has 0 atom stereocenters. The Morgan fingerprint density at radius 1 is 1.00 bits per heavy atom. The third-order valence-corrected chi connectivity index (χ3v) is 1.80. The maximum Gasteiger partial charge on any atom is 0.0381 e. The molecule has 0 aliphatic carbocycles. The molecule has 2 aliphatic rings.